The highest BCUT2D eigenvalue weighted by Crippen LogP contribution is 2.33. The van der Waals surface area contributed by atoms with Gasteiger partial charge in [0.1, 0.15) is 5.82 Å². The second-order valence-corrected chi connectivity index (χ2v) is 9.36. The maximum atomic E-state index is 14.2. The van der Waals surface area contributed by atoms with E-state index in [0.717, 1.165) is 0 Å². The first-order chi connectivity index (χ1) is 13.4. The molecule has 3 aromatic rings. The van der Waals surface area contributed by atoms with Crippen LogP contribution in [0.15, 0.2) is 53.4 Å². The first kappa shape index (κ1) is 20.4. The molecule has 0 aliphatic rings. The van der Waals surface area contributed by atoms with Crippen LogP contribution in [0.25, 0.3) is 10.1 Å². The number of carbonyl (C=O) groups is 1. The van der Waals surface area contributed by atoms with Crippen molar-refractivity contribution in [2.24, 2.45) is 0 Å². The summed E-state index contributed by atoms with van der Waals surface area (Å²) < 4.78 is 44.6. The molecule has 3 rings (SSSR count). The minimum atomic E-state index is -3.38. The molecule has 0 aliphatic heterocycles. The Balaban J connectivity index is 1.67. The molecule has 0 saturated heterocycles. The van der Waals surface area contributed by atoms with Gasteiger partial charge in [0.25, 0.3) is 5.91 Å². The molecule has 1 N–H and O–H groups in total. The Kier molecular flexibility index (Phi) is 6.43. The van der Waals surface area contributed by atoms with Crippen LogP contribution in [0, 0.1) is 5.82 Å². The van der Waals surface area contributed by atoms with Crippen LogP contribution in [0.5, 0.6) is 0 Å². The summed E-state index contributed by atoms with van der Waals surface area (Å²) in [7, 11) is -1.90. The number of carbonyl (C=O) groups excluding carboxylic acids is 1. The van der Waals surface area contributed by atoms with Crippen LogP contribution in [0.3, 0.4) is 0 Å². The van der Waals surface area contributed by atoms with Gasteiger partial charge < -0.3 is 10.1 Å². The predicted molar refractivity (Wildman–Crippen MR) is 108 cm³/mol. The highest BCUT2D eigenvalue weighted by Gasteiger charge is 2.21. The third-order valence-corrected chi connectivity index (χ3v) is 7.25. The maximum Gasteiger partial charge on any atom is 0.261 e. The fourth-order valence-corrected chi connectivity index (χ4v) is 5.39. The van der Waals surface area contributed by atoms with Gasteiger partial charge in [-0.05, 0) is 30.7 Å². The second kappa shape index (κ2) is 8.81. The van der Waals surface area contributed by atoms with Gasteiger partial charge in [0.05, 0.1) is 22.1 Å². The van der Waals surface area contributed by atoms with Crippen LogP contribution < -0.4 is 5.32 Å². The number of halogens is 1. The number of ether oxygens (including phenoxy) is 1. The van der Waals surface area contributed by atoms with Crippen molar-refractivity contribution in [2.75, 3.05) is 19.4 Å². The summed E-state index contributed by atoms with van der Waals surface area (Å²) in [6, 6.07) is 12.9. The molecule has 2 aromatic carbocycles. The average molecular weight is 422 g/mol. The predicted octanol–water partition coefficient (Wildman–Crippen LogP) is 3.78. The summed E-state index contributed by atoms with van der Waals surface area (Å²) >= 11 is 1.20. The van der Waals surface area contributed by atoms with E-state index < -0.39 is 15.7 Å². The number of sulfone groups is 1. The molecule has 1 heterocycles. The van der Waals surface area contributed by atoms with Gasteiger partial charge in [-0.15, -0.1) is 11.3 Å². The number of thiophene rings is 1. The molecule has 0 spiro atoms. The van der Waals surface area contributed by atoms with Gasteiger partial charge in [-0.25, -0.2) is 12.8 Å². The number of benzene rings is 2. The molecule has 148 valence electrons. The van der Waals surface area contributed by atoms with Crippen molar-refractivity contribution in [2.45, 2.75) is 17.9 Å². The van der Waals surface area contributed by atoms with Crippen molar-refractivity contribution < 1.29 is 22.3 Å². The Morgan fingerprint density at radius 2 is 1.89 bits per heavy atom. The summed E-state index contributed by atoms with van der Waals surface area (Å²) in [4.78, 5) is 13.2. The lowest BCUT2D eigenvalue weighted by Gasteiger charge is -2.07. The van der Waals surface area contributed by atoms with Gasteiger partial charge in [0.15, 0.2) is 9.84 Å². The quantitative estimate of drug-likeness (QED) is 0.562. The van der Waals surface area contributed by atoms with Gasteiger partial charge in [-0.1, -0.05) is 24.3 Å². The van der Waals surface area contributed by atoms with Crippen molar-refractivity contribution in [3.8, 4) is 0 Å². The Morgan fingerprint density at radius 3 is 2.61 bits per heavy atom. The summed E-state index contributed by atoms with van der Waals surface area (Å²) in [5, 5.41) is 3.13. The van der Waals surface area contributed by atoms with Crippen LogP contribution in [0.4, 0.5) is 4.39 Å². The number of hydrogen-bond acceptors (Lipinski definition) is 5. The normalized spacial score (nSPS) is 11.6. The Bertz CT molecular complexity index is 1080. The van der Waals surface area contributed by atoms with Crippen LogP contribution in [0.2, 0.25) is 0 Å². The maximum absolute atomic E-state index is 14.2. The summed E-state index contributed by atoms with van der Waals surface area (Å²) in [6.45, 7) is 0.320. The van der Waals surface area contributed by atoms with Crippen LogP contribution in [-0.4, -0.2) is 33.7 Å². The Hall–Kier alpha value is -2.29. The summed E-state index contributed by atoms with van der Waals surface area (Å²) in [5.41, 5.74) is 0.509. The Morgan fingerprint density at radius 1 is 1.14 bits per heavy atom. The minimum absolute atomic E-state index is 0.0662. The van der Waals surface area contributed by atoms with E-state index in [0.29, 0.717) is 20.5 Å². The lowest BCUT2D eigenvalue weighted by molar-refractivity contribution is 0.0953. The largest absolute Gasteiger partial charge is 0.380 e. The molecule has 5 nitrogen and oxygen atoms in total. The number of methoxy groups -OCH3 is 1. The molecule has 1 aromatic heterocycles. The van der Waals surface area contributed by atoms with Crippen molar-refractivity contribution in [3.63, 3.8) is 0 Å². The highest BCUT2D eigenvalue weighted by atomic mass is 32.2. The molecule has 28 heavy (non-hydrogen) atoms. The molecule has 0 aliphatic carbocycles. The zero-order valence-electron chi connectivity index (χ0n) is 15.3. The molecular formula is C20H20FNO4S2. The van der Waals surface area contributed by atoms with E-state index in [4.69, 9.17) is 4.74 Å². The van der Waals surface area contributed by atoms with E-state index in [-0.39, 0.29) is 36.1 Å². The van der Waals surface area contributed by atoms with Crippen molar-refractivity contribution in [1.82, 2.24) is 5.32 Å². The molecule has 0 atom stereocenters. The third-order valence-electron chi connectivity index (χ3n) is 4.24. The first-order valence-corrected chi connectivity index (χ1v) is 11.2. The van der Waals surface area contributed by atoms with Gasteiger partial charge >= 0.3 is 0 Å². The molecule has 0 radical (unpaired) electrons. The van der Waals surface area contributed by atoms with Crippen LogP contribution in [-0.2, 0) is 21.2 Å². The van der Waals surface area contributed by atoms with Gasteiger partial charge in [-0.2, -0.15) is 0 Å². The molecule has 8 heteroatoms. The van der Waals surface area contributed by atoms with E-state index in [1.807, 2.05) is 0 Å². The van der Waals surface area contributed by atoms with Crippen molar-refractivity contribution >= 4 is 37.2 Å². The van der Waals surface area contributed by atoms with Crippen LogP contribution in [0.1, 0.15) is 21.7 Å². The zero-order valence-corrected chi connectivity index (χ0v) is 16.9. The molecule has 0 bridgehead atoms. The summed E-state index contributed by atoms with van der Waals surface area (Å²) in [5.74, 6) is -0.818. The van der Waals surface area contributed by atoms with E-state index in [9.17, 15) is 17.6 Å². The van der Waals surface area contributed by atoms with Gasteiger partial charge in [0.2, 0.25) is 0 Å². The summed E-state index contributed by atoms with van der Waals surface area (Å²) in [6.07, 6.45) is 0.280. The zero-order chi connectivity index (χ0) is 20.1. The van der Waals surface area contributed by atoms with Crippen molar-refractivity contribution in [1.29, 1.82) is 0 Å². The number of nitrogens with one attached hydrogen (secondary N) is 1. The van der Waals surface area contributed by atoms with E-state index in [1.54, 1.807) is 42.5 Å². The van der Waals surface area contributed by atoms with E-state index in [1.165, 1.54) is 24.5 Å². The molecule has 0 unspecified atom stereocenters. The standard InChI is InChI=1S/C20H20FNO4S2/c1-26-13-15-18-16(21)9-5-10-17(18)27-19(15)20(23)22-11-6-12-28(24,25)14-7-3-2-4-8-14/h2-5,7-10H,6,11-13H2,1H3,(H,22,23). The second-order valence-electron chi connectivity index (χ2n) is 6.20. The third kappa shape index (κ3) is 4.40. The van der Waals surface area contributed by atoms with Crippen molar-refractivity contribution in [3.05, 3.63) is 64.8 Å². The topological polar surface area (TPSA) is 72.5 Å². The smallest absolute Gasteiger partial charge is 0.261 e. The highest BCUT2D eigenvalue weighted by molar-refractivity contribution is 7.91. The molecule has 1 amide bonds. The lowest BCUT2D eigenvalue weighted by Crippen LogP contribution is -2.26. The lowest BCUT2D eigenvalue weighted by atomic mass is 10.1. The number of fused-ring (bicyclic) bond motifs is 1. The van der Waals surface area contributed by atoms with E-state index in [2.05, 4.69) is 5.32 Å². The number of hydrogen-bond donors (Lipinski definition) is 1. The number of rotatable bonds is 8. The number of amides is 1. The minimum Gasteiger partial charge on any atom is -0.380 e. The molecule has 0 fully saturated rings. The SMILES string of the molecule is COCc1c(C(=O)NCCCS(=O)(=O)c2ccccc2)sc2cccc(F)c12. The molecule has 0 saturated carbocycles. The average Bonchev–Trinajstić information content (AvgIpc) is 3.06. The van der Waals surface area contributed by atoms with Gasteiger partial charge in [0, 0.05) is 29.3 Å². The van der Waals surface area contributed by atoms with Gasteiger partial charge in [-0.3, -0.25) is 4.79 Å². The fraction of sp³-hybridized carbons (Fsp3) is 0.250. The molecular weight excluding hydrogens is 401 g/mol. The van der Waals surface area contributed by atoms with E-state index >= 15 is 0 Å². The fourth-order valence-electron chi connectivity index (χ4n) is 2.92. The monoisotopic (exact) mass is 421 g/mol. The Labute approximate surface area is 167 Å². The van der Waals surface area contributed by atoms with Crippen LogP contribution >= 0.6 is 11.3 Å². The first-order valence-electron chi connectivity index (χ1n) is 8.69.